The standard InChI is InChI=1S/C12H11Cl2N3O2/c1-6-2-7(13)3-9(14)8(6)5-15-10-4-11(18)17-12(19)16-10/h2-4H,5H2,1H3,(H3,15,16,17,18,19). The molecule has 3 N–H and O–H groups in total. The lowest BCUT2D eigenvalue weighted by Crippen LogP contribution is -2.22. The maximum Gasteiger partial charge on any atom is 0.327 e. The second-order valence-corrected chi connectivity index (χ2v) is 4.88. The van der Waals surface area contributed by atoms with Gasteiger partial charge >= 0.3 is 5.69 Å². The second-order valence-electron chi connectivity index (χ2n) is 4.04. The van der Waals surface area contributed by atoms with Gasteiger partial charge in [0.1, 0.15) is 5.82 Å². The summed E-state index contributed by atoms with van der Waals surface area (Å²) in [5, 5.41) is 4.04. The van der Waals surface area contributed by atoms with E-state index >= 15 is 0 Å². The number of halogens is 2. The van der Waals surface area contributed by atoms with Crippen LogP contribution in [0.2, 0.25) is 10.0 Å². The molecule has 2 rings (SSSR count). The number of benzene rings is 1. The van der Waals surface area contributed by atoms with E-state index in [1.165, 1.54) is 6.07 Å². The predicted octanol–water partition coefficient (Wildman–Crippen LogP) is 2.29. The van der Waals surface area contributed by atoms with E-state index in [0.717, 1.165) is 11.1 Å². The third-order valence-corrected chi connectivity index (χ3v) is 3.15. The van der Waals surface area contributed by atoms with Crippen LogP contribution in [0.5, 0.6) is 0 Å². The second kappa shape index (κ2) is 5.50. The van der Waals surface area contributed by atoms with Gasteiger partial charge in [0.05, 0.1) is 0 Å². The Bertz CT molecular complexity index is 670. The SMILES string of the molecule is Cc1cc(Cl)cc(Cl)c1CNc1cc(=O)[nH]c(=O)[nH]1. The van der Waals surface area contributed by atoms with Gasteiger partial charge < -0.3 is 5.32 Å². The molecule has 1 heterocycles. The number of hydrogen-bond acceptors (Lipinski definition) is 3. The Morgan fingerprint density at radius 2 is 1.89 bits per heavy atom. The Morgan fingerprint density at radius 1 is 1.16 bits per heavy atom. The molecule has 0 amide bonds. The summed E-state index contributed by atoms with van der Waals surface area (Å²) >= 11 is 12.0. The highest BCUT2D eigenvalue weighted by Crippen LogP contribution is 2.25. The van der Waals surface area contributed by atoms with Gasteiger partial charge in [-0.05, 0) is 30.2 Å². The molecule has 0 saturated heterocycles. The Kier molecular flexibility index (Phi) is 3.97. The number of rotatable bonds is 3. The molecule has 0 spiro atoms. The van der Waals surface area contributed by atoms with Crippen LogP contribution in [0.25, 0.3) is 0 Å². The number of nitrogens with one attached hydrogen (secondary N) is 3. The molecule has 0 aliphatic rings. The largest absolute Gasteiger partial charge is 0.367 e. The Labute approximate surface area is 118 Å². The zero-order valence-corrected chi connectivity index (χ0v) is 11.5. The predicted molar refractivity (Wildman–Crippen MR) is 76.2 cm³/mol. The van der Waals surface area contributed by atoms with E-state index in [9.17, 15) is 9.59 Å². The highest BCUT2D eigenvalue weighted by Gasteiger charge is 2.06. The fourth-order valence-electron chi connectivity index (χ4n) is 1.70. The number of anilines is 1. The van der Waals surface area contributed by atoms with Crippen molar-refractivity contribution in [2.24, 2.45) is 0 Å². The van der Waals surface area contributed by atoms with Crippen molar-refractivity contribution in [3.05, 3.63) is 60.2 Å². The van der Waals surface area contributed by atoms with E-state index in [2.05, 4.69) is 15.3 Å². The third kappa shape index (κ3) is 3.39. The highest BCUT2D eigenvalue weighted by molar-refractivity contribution is 6.35. The van der Waals surface area contributed by atoms with Crippen LogP contribution in [0.15, 0.2) is 27.8 Å². The van der Waals surface area contributed by atoms with E-state index < -0.39 is 11.2 Å². The number of aryl methyl sites for hydroxylation is 1. The summed E-state index contributed by atoms with van der Waals surface area (Å²) in [4.78, 5) is 26.8. The molecule has 0 bridgehead atoms. The average Bonchev–Trinajstić information content (AvgIpc) is 2.25. The van der Waals surface area contributed by atoms with Crippen LogP contribution in [-0.2, 0) is 6.54 Å². The zero-order chi connectivity index (χ0) is 14.0. The fourth-order valence-corrected chi connectivity index (χ4v) is 2.37. The van der Waals surface area contributed by atoms with Gasteiger partial charge in [-0.3, -0.25) is 14.8 Å². The Balaban J connectivity index is 2.23. The lowest BCUT2D eigenvalue weighted by molar-refractivity contribution is 1.01. The fraction of sp³-hybridized carbons (Fsp3) is 0.167. The zero-order valence-electron chi connectivity index (χ0n) is 10.0. The monoisotopic (exact) mass is 299 g/mol. The van der Waals surface area contributed by atoms with E-state index in [0.29, 0.717) is 22.4 Å². The molecule has 0 atom stereocenters. The molecule has 7 heteroatoms. The molecule has 1 aromatic heterocycles. The minimum Gasteiger partial charge on any atom is -0.367 e. The molecular weight excluding hydrogens is 289 g/mol. The van der Waals surface area contributed by atoms with Crippen LogP contribution in [0.3, 0.4) is 0 Å². The van der Waals surface area contributed by atoms with Crippen LogP contribution < -0.4 is 16.6 Å². The molecule has 0 aliphatic heterocycles. The van der Waals surface area contributed by atoms with Crippen molar-refractivity contribution in [3.8, 4) is 0 Å². The summed E-state index contributed by atoms with van der Waals surface area (Å²) in [7, 11) is 0. The smallest absolute Gasteiger partial charge is 0.327 e. The number of aromatic nitrogens is 2. The molecule has 0 fully saturated rings. The van der Waals surface area contributed by atoms with Crippen LogP contribution in [0, 0.1) is 6.92 Å². The highest BCUT2D eigenvalue weighted by atomic mass is 35.5. The average molecular weight is 300 g/mol. The molecule has 19 heavy (non-hydrogen) atoms. The number of aromatic amines is 2. The molecular formula is C12H11Cl2N3O2. The van der Waals surface area contributed by atoms with Gasteiger partial charge in [-0.1, -0.05) is 23.2 Å². The van der Waals surface area contributed by atoms with Crippen molar-refractivity contribution >= 4 is 29.0 Å². The maximum absolute atomic E-state index is 11.1. The molecule has 0 aliphatic carbocycles. The van der Waals surface area contributed by atoms with Gasteiger partial charge in [0.15, 0.2) is 0 Å². The van der Waals surface area contributed by atoms with Crippen molar-refractivity contribution in [1.29, 1.82) is 0 Å². The lowest BCUT2D eigenvalue weighted by atomic mass is 10.1. The molecule has 100 valence electrons. The van der Waals surface area contributed by atoms with Crippen LogP contribution in [0.1, 0.15) is 11.1 Å². The molecule has 0 saturated carbocycles. The van der Waals surface area contributed by atoms with Gasteiger partial charge in [0, 0.05) is 22.7 Å². The molecule has 0 unspecified atom stereocenters. The van der Waals surface area contributed by atoms with Gasteiger partial charge in [-0.25, -0.2) is 4.79 Å². The van der Waals surface area contributed by atoms with Crippen LogP contribution in [-0.4, -0.2) is 9.97 Å². The minimum absolute atomic E-state index is 0.333. The normalized spacial score (nSPS) is 10.5. The van der Waals surface area contributed by atoms with Crippen LogP contribution in [0.4, 0.5) is 5.82 Å². The van der Waals surface area contributed by atoms with E-state index in [-0.39, 0.29) is 0 Å². The Hall–Kier alpha value is -1.72. The summed E-state index contributed by atoms with van der Waals surface area (Å²) in [6, 6.07) is 4.71. The first kappa shape index (κ1) is 13.7. The molecule has 5 nitrogen and oxygen atoms in total. The third-order valence-electron chi connectivity index (χ3n) is 2.60. The van der Waals surface area contributed by atoms with E-state index in [1.807, 2.05) is 6.92 Å². The lowest BCUT2D eigenvalue weighted by Gasteiger charge is -2.11. The van der Waals surface area contributed by atoms with Gasteiger partial charge in [-0.2, -0.15) is 0 Å². The summed E-state index contributed by atoms with van der Waals surface area (Å²) < 4.78 is 0. The quantitative estimate of drug-likeness (QED) is 0.814. The van der Waals surface area contributed by atoms with Crippen LogP contribution >= 0.6 is 23.2 Å². The van der Waals surface area contributed by atoms with Gasteiger partial charge in [-0.15, -0.1) is 0 Å². The maximum atomic E-state index is 11.1. The van der Waals surface area contributed by atoms with Crippen molar-refractivity contribution in [2.75, 3.05) is 5.32 Å². The number of H-pyrrole nitrogens is 2. The van der Waals surface area contributed by atoms with E-state index in [1.54, 1.807) is 12.1 Å². The summed E-state index contributed by atoms with van der Waals surface area (Å²) in [5.74, 6) is 0.333. The molecule has 2 aromatic rings. The summed E-state index contributed by atoms with van der Waals surface area (Å²) in [5.41, 5.74) is 0.753. The summed E-state index contributed by atoms with van der Waals surface area (Å²) in [6.07, 6.45) is 0. The van der Waals surface area contributed by atoms with Crippen molar-refractivity contribution in [3.63, 3.8) is 0 Å². The topological polar surface area (TPSA) is 77.8 Å². The number of hydrogen-bond donors (Lipinski definition) is 3. The van der Waals surface area contributed by atoms with Gasteiger partial charge in [0.25, 0.3) is 5.56 Å². The van der Waals surface area contributed by atoms with Crippen molar-refractivity contribution in [1.82, 2.24) is 9.97 Å². The van der Waals surface area contributed by atoms with E-state index in [4.69, 9.17) is 23.2 Å². The Morgan fingerprint density at radius 3 is 2.53 bits per heavy atom. The first-order chi connectivity index (χ1) is 8.95. The first-order valence-corrected chi connectivity index (χ1v) is 6.23. The van der Waals surface area contributed by atoms with Crippen molar-refractivity contribution in [2.45, 2.75) is 13.5 Å². The van der Waals surface area contributed by atoms with Gasteiger partial charge in [0.2, 0.25) is 0 Å². The summed E-state index contributed by atoms with van der Waals surface area (Å²) in [6.45, 7) is 2.26. The molecule has 1 aromatic carbocycles. The molecule has 0 radical (unpaired) electrons. The van der Waals surface area contributed by atoms with Crippen molar-refractivity contribution < 1.29 is 0 Å². The first-order valence-electron chi connectivity index (χ1n) is 5.48. The minimum atomic E-state index is -0.561.